The maximum Gasteiger partial charge on any atom is 0.159 e. The second-order valence-electron chi connectivity index (χ2n) is 4.66. The number of hydrogen-bond acceptors (Lipinski definition) is 4. The Hall–Kier alpha value is -1.39. The van der Waals surface area contributed by atoms with E-state index in [1.807, 2.05) is 24.3 Å². The van der Waals surface area contributed by atoms with Crippen molar-refractivity contribution >= 4 is 11.5 Å². The molecule has 1 aliphatic heterocycles. The zero-order chi connectivity index (χ0) is 12.8. The Kier molecular flexibility index (Phi) is 4.73. The molecular weight excluding hydrogens is 226 g/mol. The average Bonchev–Trinajstić information content (AvgIpc) is 2.40. The number of rotatable bonds is 5. The summed E-state index contributed by atoms with van der Waals surface area (Å²) in [4.78, 5) is 13.7. The third kappa shape index (κ3) is 3.82. The van der Waals surface area contributed by atoms with Crippen LogP contribution in [0.15, 0.2) is 24.3 Å². The molecule has 1 saturated heterocycles. The summed E-state index contributed by atoms with van der Waals surface area (Å²) in [6.45, 7) is 7.97. The fourth-order valence-corrected chi connectivity index (χ4v) is 2.14. The van der Waals surface area contributed by atoms with Crippen molar-refractivity contribution in [2.75, 3.05) is 44.6 Å². The Labute approximate surface area is 108 Å². The number of hydrogen-bond donors (Lipinski definition) is 2. The molecule has 1 aromatic rings. The largest absolute Gasteiger partial charge is 0.384 e. The van der Waals surface area contributed by atoms with Crippen LogP contribution in [0.4, 0.5) is 5.69 Å². The van der Waals surface area contributed by atoms with E-state index in [1.54, 1.807) is 6.92 Å². The molecule has 1 heterocycles. The van der Waals surface area contributed by atoms with E-state index in [-0.39, 0.29) is 5.78 Å². The number of carbonyl (C=O) groups excluding carboxylic acids is 1. The normalized spacial score (nSPS) is 16.5. The smallest absolute Gasteiger partial charge is 0.159 e. The van der Waals surface area contributed by atoms with Crippen LogP contribution in [-0.4, -0.2) is 50.0 Å². The molecule has 4 nitrogen and oxygen atoms in total. The van der Waals surface area contributed by atoms with Crippen LogP contribution in [0.3, 0.4) is 0 Å². The Balaban J connectivity index is 1.78. The molecule has 2 N–H and O–H groups in total. The molecule has 18 heavy (non-hydrogen) atoms. The molecule has 1 aliphatic rings. The first kappa shape index (κ1) is 13.1. The lowest BCUT2D eigenvalue weighted by Crippen LogP contribution is -2.45. The van der Waals surface area contributed by atoms with E-state index in [0.29, 0.717) is 0 Å². The summed E-state index contributed by atoms with van der Waals surface area (Å²) in [6.07, 6.45) is 0. The van der Waals surface area contributed by atoms with Crippen molar-refractivity contribution in [3.8, 4) is 0 Å². The van der Waals surface area contributed by atoms with Gasteiger partial charge in [-0.25, -0.2) is 0 Å². The maximum atomic E-state index is 11.3. The third-order valence-electron chi connectivity index (χ3n) is 3.24. The van der Waals surface area contributed by atoms with Gasteiger partial charge in [-0.3, -0.25) is 9.69 Å². The van der Waals surface area contributed by atoms with Gasteiger partial charge in [0.25, 0.3) is 0 Å². The summed E-state index contributed by atoms with van der Waals surface area (Å²) >= 11 is 0. The number of Topliss-reactive ketones (excluding diaryl/α,β-unsaturated/α-hetero) is 1. The molecule has 98 valence electrons. The highest BCUT2D eigenvalue weighted by atomic mass is 16.1. The first-order valence-corrected chi connectivity index (χ1v) is 6.53. The zero-order valence-corrected chi connectivity index (χ0v) is 10.9. The first-order chi connectivity index (χ1) is 8.75. The molecule has 0 unspecified atom stereocenters. The number of carbonyl (C=O) groups is 1. The van der Waals surface area contributed by atoms with Crippen LogP contribution in [0.5, 0.6) is 0 Å². The van der Waals surface area contributed by atoms with Crippen LogP contribution in [0.2, 0.25) is 0 Å². The number of benzene rings is 1. The standard InChI is InChI=1S/C14H21N3O/c1-12(18)13-3-2-4-14(11-13)16-7-10-17-8-5-15-6-9-17/h2-4,11,15-16H,5-10H2,1H3. The van der Waals surface area contributed by atoms with Crippen molar-refractivity contribution < 1.29 is 4.79 Å². The molecular formula is C14H21N3O. The molecule has 0 aliphatic carbocycles. The number of nitrogens with one attached hydrogen (secondary N) is 2. The SMILES string of the molecule is CC(=O)c1cccc(NCCN2CCNCC2)c1. The highest BCUT2D eigenvalue weighted by Gasteiger charge is 2.08. The number of nitrogens with zero attached hydrogens (tertiary/aromatic N) is 1. The molecule has 1 aromatic carbocycles. The summed E-state index contributed by atoms with van der Waals surface area (Å²) in [6, 6.07) is 7.69. The molecule has 0 bridgehead atoms. The van der Waals surface area contributed by atoms with Crippen LogP contribution in [-0.2, 0) is 0 Å². The van der Waals surface area contributed by atoms with Gasteiger partial charge in [0.15, 0.2) is 5.78 Å². The van der Waals surface area contributed by atoms with E-state index in [0.717, 1.165) is 50.5 Å². The van der Waals surface area contributed by atoms with Gasteiger partial charge in [0.2, 0.25) is 0 Å². The van der Waals surface area contributed by atoms with Gasteiger partial charge < -0.3 is 10.6 Å². The summed E-state index contributed by atoms with van der Waals surface area (Å²) in [5, 5.41) is 6.72. The van der Waals surface area contributed by atoms with Gasteiger partial charge in [-0.1, -0.05) is 12.1 Å². The lowest BCUT2D eigenvalue weighted by molar-refractivity contribution is 0.101. The van der Waals surface area contributed by atoms with E-state index in [4.69, 9.17) is 0 Å². The zero-order valence-electron chi connectivity index (χ0n) is 10.9. The molecule has 4 heteroatoms. The quantitative estimate of drug-likeness (QED) is 0.768. The van der Waals surface area contributed by atoms with Crippen molar-refractivity contribution in [1.82, 2.24) is 10.2 Å². The van der Waals surface area contributed by atoms with E-state index < -0.39 is 0 Å². The second-order valence-corrected chi connectivity index (χ2v) is 4.66. The lowest BCUT2D eigenvalue weighted by Gasteiger charge is -2.27. The van der Waals surface area contributed by atoms with Gasteiger partial charge >= 0.3 is 0 Å². The maximum absolute atomic E-state index is 11.3. The van der Waals surface area contributed by atoms with Gasteiger partial charge in [-0.2, -0.15) is 0 Å². The van der Waals surface area contributed by atoms with Crippen molar-refractivity contribution in [3.63, 3.8) is 0 Å². The number of anilines is 1. The molecule has 0 spiro atoms. The topological polar surface area (TPSA) is 44.4 Å². The minimum Gasteiger partial charge on any atom is -0.384 e. The Morgan fingerprint density at radius 3 is 2.89 bits per heavy atom. The summed E-state index contributed by atoms with van der Waals surface area (Å²) < 4.78 is 0. The summed E-state index contributed by atoms with van der Waals surface area (Å²) in [5.74, 6) is 0.112. The third-order valence-corrected chi connectivity index (χ3v) is 3.24. The fourth-order valence-electron chi connectivity index (χ4n) is 2.14. The van der Waals surface area contributed by atoms with Crippen molar-refractivity contribution in [2.45, 2.75) is 6.92 Å². The Morgan fingerprint density at radius 1 is 1.39 bits per heavy atom. The van der Waals surface area contributed by atoms with Gasteiger partial charge in [0.05, 0.1) is 0 Å². The summed E-state index contributed by atoms with van der Waals surface area (Å²) in [5.41, 5.74) is 1.79. The van der Waals surface area contributed by atoms with E-state index in [9.17, 15) is 4.79 Å². The Bertz CT molecular complexity index is 400. The van der Waals surface area contributed by atoms with Crippen LogP contribution in [0, 0.1) is 0 Å². The summed E-state index contributed by atoms with van der Waals surface area (Å²) in [7, 11) is 0. The second kappa shape index (κ2) is 6.52. The predicted octanol–water partition coefficient (Wildman–Crippen LogP) is 1.21. The van der Waals surface area contributed by atoms with Crippen molar-refractivity contribution in [2.24, 2.45) is 0 Å². The van der Waals surface area contributed by atoms with Gasteiger partial charge in [-0.15, -0.1) is 0 Å². The molecule has 0 amide bonds. The molecule has 0 saturated carbocycles. The monoisotopic (exact) mass is 247 g/mol. The van der Waals surface area contributed by atoms with E-state index in [1.165, 1.54) is 0 Å². The van der Waals surface area contributed by atoms with E-state index >= 15 is 0 Å². The van der Waals surface area contributed by atoms with Crippen molar-refractivity contribution in [1.29, 1.82) is 0 Å². The fraction of sp³-hybridized carbons (Fsp3) is 0.500. The highest BCUT2D eigenvalue weighted by molar-refractivity contribution is 5.94. The minimum absolute atomic E-state index is 0.112. The van der Waals surface area contributed by atoms with Crippen LogP contribution in [0.1, 0.15) is 17.3 Å². The number of ketones is 1. The first-order valence-electron chi connectivity index (χ1n) is 6.53. The van der Waals surface area contributed by atoms with Gasteiger partial charge in [0.1, 0.15) is 0 Å². The Morgan fingerprint density at radius 2 is 2.17 bits per heavy atom. The van der Waals surface area contributed by atoms with Gasteiger partial charge in [0, 0.05) is 50.5 Å². The average molecular weight is 247 g/mol. The van der Waals surface area contributed by atoms with Gasteiger partial charge in [-0.05, 0) is 19.1 Å². The van der Waals surface area contributed by atoms with Crippen LogP contribution in [0.25, 0.3) is 0 Å². The number of piperazine rings is 1. The van der Waals surface area contributed by atoms with Crippen LogP contribution < -0.4 is 10.6 Å². The molecule has 0 aromatic heterocycles. The molecule has 0 radical (unpaired) electrons. The molecule has 2 rings (SSSR count). The van der Waals surface area contributed by atoms with Crippen LogP contribution >= 0.6 is 0 Å². The van der Waals surface area contributed by atoms with Crippen molar-refractivity contribution in [3.05, 3.63) is 29.8 Å². The minimum atomic E-state index is 0.112. The van der Waals surface area contributed by atoms with E-state index in [2.05, 4.69) is 15.5 Å². The molecule has 1 fully saturated rings. The predicted molar refractivity (Wildman–Crippen MR) is 74.2 cm³/mol. The molecule has 0 atom stereocenters. The highest BCUT2D eigenvalue weighted by Crippen LogP contribution is 2.10. The lowest BCUT2D eigenvalue weighted by atomic mass is 10.1.